The average Bonchev–Trinajstić information content (AvgIpc) is 2.95. The predicted octanol–water partition coefficient (Wildman–Crippen LogP) is 3.49. The van der Waals surface area contributed by atoms with E-state index in [1.165, 1.54) is 5.56 Å². The van der Waals surface area contributed by atoms with Crippen molar-refractivity contribution in [2.45, 2.75) is 50.9 Å². The number of ether oxygens (including phenoxy) is 3. The highest BCUT2D eigenvalue weighted by Gasteiger charge is 2.55. The summed E-state index contributed by atoms with van der Waals surface area (Å²) in [6.07, 6.45) is 2.20. The number of carbonyl (C=O) groups is 1. The molecule has 0 bridgehead atoms. The summed E-state index contributed by atoms with van der Waals surface area (Å²) < 4.78 is 17.5. The number of fused-ring (bicyclic) bond motifs is 1. The minimum Gasteiger partial charge on any atom is -0.463 e. The third-order valence-corrected chi connectivity index (χ3v) is 4.79. The third kappa shape index (κ3) is 2.93. The second kappa shape index (κ2) is 6.46. The lowest BCUT2D eigenvalue weighted by Gasteiger charge is -2.38. The van der Waals surface area contributed by atoms with E-state index in [0.29, 0.717) is 25.2 Å². The molecule has 2 aliphatic heterocycles. The number of esters is 1. The van der Waals surface area contributed by atoms with Crippen molar-refractivity contribution in [3.05, 3.63) is 47.5 Å². The van der Waals surface area contributed by atoms with E-state index < -0.39 is 5.60 Å². The maximum absolute atomic E-state index is 12.2. The Labute approximate surface area is 137 Å². The van der Waals surface area contributed by atoms with E-state index in [-0.39, 0.29) is 18.2 Å². The van der Waals surface area contributed by atoms with Crippen LogP contribution < -0.4 is 0 Å². The van der Waals surface area contributed by atoms with Gasteiger partial charge in [0.2, 0.25) is 0 Å². The van der Waals surface area contributed by atoms with Gasteiger partial charge in [0.1, 0.15) is 5.60 Å². The zero-order chi connectivity index (χ0) is 16.4. The molecule has 0 radical (unpaired) electrons. The van der Waals surface area contributed by atoms with Crippen molar-refractivity contribution in [3.63, 3.8) is 0 Å². The van der Waals surface area contributed by atoms with Gasteiger partial charge < -0.3 is 14.2 Å². The van der Waals surface area contributed by atoms with Gasteiger partial charge in [-0.1, -0.05) is 36.4 Å². The summed E-state index contributed by atoms with van der Waals surface area (Å²) in [6.45, 7) is 8.81. The summed E-state index contributed by atoms with van der Waals surface area (Å²) in [5.74, 6) is -0.382. The molecule has 3 rings (SSSR count). The minimum atomic E-state index is -0.750. The molecule has 0 spiro atoms. The van der Waals surface area contributed by atoms with Crippen molar-refractivity contribution in [3.8, 4) is 0 Å². The monoisotopic (exact) mass is 316 g/mol. The van der Waals surface area contributed by atoms with Crippen molar-refractivity contribution < 1.29 is 19.0 Å². The largest absolute Gasteiger partial charge is 0.463 e. The molecule has 0 N–H and O–H groups in total. The molecule has 3 unspecified atom stereocenters. The fourth-order valence-corrected chi connectivity index (χ4v) is 3.51. The fourth-order valence-electron chi connectivity index (χ4n) is 3.51. The zero-order valence-electron chi connectivity index (χ0n) is 13.8. The number of hydrogen-bond donors (Lipinski definition) is 0. The summed E-state index contributed by atoms with van der Waals surface area (Å²) in [5.41, 5.74) is 1.97. The highest BCUT2D eigenvalue weighted by molar-refractivity contribution is 5.90. The van der Waals surface area contributed by atoms with E-state index in [4.69, 9.17) is 14.2 Å². The molecule has 2 heterocycles. The van der Waals surface area contributed by atoms with E-state index in [1.807, 2.05) is 0 Å². The number of aryl methyl sites for hydroxylation is 1. The summed E-state index contributed by atoms with van der Waals surface area (Å²) >= 11 is 0. The lowest BCUT2D eigenvalue weighted by molar-refractivity contribution is -0.148. The predicted molar refractivity (Wildman–Crippen MR) is 87.1 cm³/mol. The smallest absolute Gasteiger partial charge is 0.336 e. The maximum Gasteiger partial charge on any atom is 0.336 e. The lowest BCUT2D eigenvalue weighted by atomic mass is 9.81. The first-order chi connectivity index (χ1) is 11.1. The molecule has 2 fully saturated rings. The van der Waals surface area contributed by atoms with Crippen LogP contribution in [0.1, 0.15) is 43.4 Å². The minimum absolute atomic E-state index is 0.0788. The van der Waals surface area contributed by atoms with Gasteiger partial charge in [0.25, 0.3) is 0 Å². The van der Waals surface area contributed by atoms with Gasteiger partial charge in [-0.15, -0.1) is 0 Å². The van der Waals surface area contributed by atoms with Gasteiger partial charge in [-0.25, -0.2) is 4.79 Å². The topological polar surface area (TPSA) is 44.8 Å². The van der Waals surface area contributed by atoms with E-state index in [0.717, 1.165) is 18.4 Å². The first-order valence-electron chi connectivity index (χ1n) is 8.29. The van der Waals surface area contributed by atoms with Crippen LogP contribution in [0.25, 0.3) is 0 Å². The average molecular weight is 316 g/mol. The third-order valence-electron chi connectivity index (χ3n) is 4.79. The van der Waals surface area contributed by atoms with Gasteiger partial charge in [-0.05, 0) is 32.3 Å². The Morgan fingerprint density at radius 1 is 1.39 bits per heavy atom. The summed E-state index contributed by atoms with van der Waals surface area (Å²) in [4.78, 5) is 12.2. The first kappa shape index (κ1) is 16.2. The highest BCUT2D eigenvalue weighted by Crippen LogP contribution is 2.49. The Bertz CT molecular complexity index is 592. The molecule has 2 saturated heterocycles. The van der Waals surface area contributed by atoms with E-state index in [9.17, 15) is 4.79 Å². The summed E-state index contributed by atoms with van der Waals surface area (Å²) in [6, 6.07) is 8.32. The molecule has 0 aromatic heterocycles. The fraction of sp³-hybridized carbons (Fsp3) is 0.526. The number of benzene rings is 1. The van der Waals surface area contributed by atoms with Gasteiger partial charge in [0.15, 0.2) is 0 Å². The Hall–Kier alpha value is -1.65. The van der Waals surface area contributed by atoms with Crippen molar-refractivity contribution in [2.75, 3.05) is 13.2 Å². The van der Waals surface area contributed by atoms with Crippen LogP contribution in [-0.4, -0.2) is 30.9 Å². The SMILES string of the molecule is C=C(C(=O)OCC)C12CC(c3ccc(C)cc3)OC1CCCO2. The Morgan fingerprint density at radius 3 is 2.83 bits per heavy atom. The lowest BCUT2D eigenvalue weighted by Crippen LogP contribution is -2.48. The van der Waals surface area contributed by atoms with E-state index in [1.54, 1.807) is 6.92 Å². The summed E-state index contributed by atoms with van der Waals surface area (Å²) in [5, 5.41) is 0. The van der Waals surface area contributed by atoms with Crippen molar-refractivity contribution in [1.29, 1.82) is 0 Å². The molecular formula is C19H24O4. The number of carbonyl (C=O) groups excluding carboxylic acids is 1. The van der Waals surface area contributed by atoms with Crippen molar-refractivity contribution in [2.24, 2.45) is 0 Å². The van der Waals surface area contributed by atoms with E-state index >= 15 is 0 Å². The molecule has 23 heavy (non-hydrogen) atoms. The summed E-state index contributed by atoms with van der Waals surface area (Å²) in [7, 11) is 0. The van der Waals surface area contributed by atoms with Crippen molar-refractivity contribution in [1.82, 2.24) is 0 Å². The van der Waals surface area contributed by atoms with Crippen LogP contribution in [0.15, 0.2) is 36.4 Å². The van der Waals surface area contributed by atoms with Crippen LogP contribution in [0.5, 0.6) is 0 Å². The van der Waals surface area contributed by atoms with Crippen LogP contribution in [-0.2, 0) is 19.0 Å². The molecule has 0 saturated carbocycles. The molecule has 4 nitrogen and oxygen atoms in total. The number of hydrogen-bond acceptors (Lipinski definition) is 4. The second-order valence-corrected chi connectivity index (χ2v) is 6.31. The van der Waals surface area contributed by atoms with Crippen molar-refractivity contribution >= 4 is 5.97 Å². The van der Waals surface area contributed by atoms with Gasteiger partial charge >= 0.3 is 5.97 Å². The second-order valence-electron chi connectivity index (χ2n) is 6.31. The molecule has 0 aliphatic carbocycles. The highest BCUT2D eigenvalue weighted by atomic mass is 16.6. The van der Waals surface area contributed by atoms with Crippen LogP contribution >= 0.6 is 0 Å². The van der Waals surface area contributed by atoms with Crippen LogP contribution in [0.3, 0.4) is 0 Å². The molecule has 3 atom stereocenters. The molecule has 0 amide bonds. The Kier molecular flexibility index (Phi) is 4.55. The quantitative estimate of drug-likeness (QED) is 0.630. The van der Waals surface area contributed by atoms with Crippen LogP contribution in [0.4, 0.5) is 0 Å². The number of rotatable bonds is 4. The van der Waals surface area contributed by atoms with Crippen LogP contribution in [0.2, 0.25) is 0 Å². The van der Waals surface area contributed by atoms with Gasteiger partial charge in [-0.2, -0.15) is 0 Å². The molecule has 4 heteroatoms. The van der Waals surface area contributed by atoms with Crippen LogP contribution in [0, 0.1) is 6.92 Å². The standard InChI is InChI=1S/C19H24O4/c1-4-21-18(20)14(3)19-12-16(15-9-7-13(2)8-10-15)23-17(19)6-5-11-22-19/h7-10,16-17H,3-6,11-12H2,1-2H3. The Morgan fingerprint density at radius 2 is 2.13 bits per heavy atom. The van der Waals surface area contributed by atoms with Gasteiger partial charge in [0, 0.05) is 13.0 Å². The molecule has 1 aromatic rings. The van der Waals surface area contributed by atoms with Gasteiger partial charge in [0.05, 0.1) is 24.4 Å². The molecule has 1 aromatic carbocycles. The first-order valence-corrected chi connectivity index (χ1v) is 8.29. The van der Waals surface area contributed by atoms with E-state index in [2.05, 4.69) is 37.8 Å². The Balaban J connectivity index is 1.86. The maximum atomic E-state index is 12.2. The zero-order valence-corrected chi connectivity index (χ0v) is 13.8. The molecule has 2 aliphatic rings. The normalized spacial score (nSPS) is 29.8. The molecule has 124 valence electrons. The molecular weight excluding hydrogens is 292 g/mol. The van der Waals surface area contributed by atoms with Gasteiger partial charge in [-0.3, -0.25) is 0 Å².